The average Bonchev–Trinajstić information content (AvgIpc) is 2.33. The summed E-state index contributed by atoms with van der Waals surface area (Å²) in [4.78, 5) is 19.3. The van der Waals surface area contributed by atoms with Gasteiger partial charge in [0.1, 0.15) is 11.5 Å². The molecular weight excluding hydrogens is 236 g/mol. The normalized spacial score (nSPS) is 10.2. The quantitative estimate of drug-likeness (QED) is 0.717. The molecule has 0 spiro atoms. The van der Waals surface area contributed by atoms with E-state index in [4.69, 9.17) is 5.73 Å². The predicted molar refractivity (Wildman–Crippen MR) is 71.0 cm³/mol. The molecule has 0 aliphatic heterocycles. The molecule has 1 heterocycles. The van der Waals surface area contributed by atoms with Crippen molar-refractivity contribution in [2.24, 2.45) is 0 Å². The third-order valence-corrected chi connectivity index (χ3v) is 2.89. The Bertz CT molecular complexity index is 359. The van der Waals surface area contributed by atoms with Crippen LogP contribution in [0.5, 0.6) is 0 Å². The minimum absolute atomic E-state index is 0.213. The van der Waals surface area contributed by atoms with E-state index in [1.165, 1.54) is 24.6 Å². The van der Waals surface area contributed by atoms with Gasteiger partial charge in [-0.2, -0.15) is 11.8 Å². The standard InChI is InChI=1S/C11H18N4OS/c1-17-6-4-2-3-5-14-11(16)9-7-13-8-10(12)15-9/h7-8H,2-6H2,1H3,(H2,12,15)(H,14,16). The van der Waals surface area contributed by atoms with Crippen molar-refractivity contribution in [3.05, 3.63) is 18.1 Å². The van der Waals surface area contributed by atoms with Gasteiger partial charge in [-0.05, 0) is 24.9 Å². The highest BCUT2D eigenvalue weighted by Crippen LogP contribution is 2.02. The van der Waals surface area contributed by atoms with Gasteiger partial charge in [-0.25, -0.2) is 4.98 Å². The molecule has 0 bridgehead atoms. The zero-order chi connectivity index (χ0) is 12.5. The number of carbonyl (C=O) groups excluding carboxylic acids is 1. The number of hydrogen-bond acceptors (Lipinski definition) is 5. The average molecular weight is 254 g/mol. The first-order valence-corrected chi connectivity index (χ1v) is 6.98. The molecule has 0 aliphatic rings. The number of nitrogens with zero attached hydrogens (tertiary/aromatic N) is 2. The summed E-state index contributed by atoms with van der Waals surface area (Å²) in [5.41, 5.74) is 5.72. The highest BCUT2D eigenvalue weighted by molar-refractivity contribution is 7.98. The lowest BCUT2D eigenvalue weighted by Gasteiger charge is -2.04. The minimum Gasteiger partial charge on any atom is -0.382 e. The van der Waals surface area contributed by atoms with Gasteiger partial charge in [-0.15, -0.1) is 0 Å². The van der Waals surface area contributed by atoms with Crippen LogP contribution in [-0.2, 0) is 0 Å². The van der Waals surface area contributed by atoms with E-state index in [9.17, 15) is 4.79 Å². The van der Waals surface area contributed by atoms with Crippen molar-refractivity contribution in [1.82, 2.24) is 15.3 Å². The smallest absolute Gasteiger partial charge is 0.271 e. The fourth-order valence-corrected chi connectivity index (χ4v) is 1.82. The number of carbonyl (C=O) groups is 1. The van der Waals surface area contributed by atoms with Crippen molar-refractivity contribution in [3.8, 4) is 0 Å². The van der Waals surface area contributed by atoms with E-state index in [1.807, 2.05) is 11.8 Å². The van der Waals surface area contributed by atoms with Gasteiger partial charge in [0.25, 0.3) is 5.91 Å². The van der Waals surface area contributed by atoms with Gasteiger partial charge < -0.3 is 11.1 Å². The number of rotatable bonds is 7. The Morgan fingerprint density at radius 3 is 2.94 bits per heavy atom. The number of anilines is 1. The summed E-state index contributed by atoms with van der Waals surface area (Å²) in [5, 5.41) is 2.80. The van der Waals surface area contributed by atoms with Crippen LogP contribution in [0.15, 0.2) is 12.4 Å². The van der Waals surface area contributed by atoms with Gasteiger partial charge in [0, 0.05) is 6.54 Å². The summed E-state index contributed by atoms with van der Waals surface area (Å²) < 4.78 is 0. The molecule has 0 atom stereocenters. The Labute approximate surface area is 106 Å². The molecule has 5 nitrogen and oxygen atoms in total. The first-order chi connectivity index (χ1) is 8.24. The van der Waals surface area contributed by atoms with E-state index in [-0.39, 0.29) is 17.4 Å². The Morgan fingerprint density at radius 2 is 2.24 bits per heavy atom. The maximum atomic E-state index is 11.6. The number of amides is 1. The summed E-state index contributed by atoms with van der Waals surface area (Å²) in [6.45, 7) is 0.670. The Balaban J connectivity index is 2.21. The van der Waals surface area contributed by atoms with Gasteiger partial charge in [0.15, 0.2) is 0 Å². The molecule has 0 fully saturated rings. The topological polar surface area (TPSA) is 80.9 Å². The summed E-state index contributed by atoms with van der Waals surface area (Å²) in [6.07, 6.45) is 8.24. The van der Waals surface area contributed by atoms with Crippen LogP contribution in [0, 0.1) is 0 Å². The number of thioether (sulfide) groups is 1. The van der Waals surface area contributed by atoms with Gasteiger partial charge in [-0.1, -0.05) is 6.42 Å². The molecule has 1 aromatic heterocycles. The van der Waals surface area contributed by atoms with E-state index in [0.717, 1.165) is 12.8 Å². The summed E-state index contributed by atoms with van der Waals surface area (Å²) in [5.74, 6) is 1.22. The van der Waals surface area contributed by atoms with E-state index >= 15 is 0 Å². The lowest BCUT2D eigenvalue weighted by molar-refractivity contribution is 0.0947. The van der Waals surface area contributed by atoms with Crippen LogP contribution in [0.2, 0.25) is 0 Å². The van der Waals surface area contributed by atoms with Crippen molar-refractivity contribution in [3.63, 3.8) is 0 Å². The molecule has 94 valence electrons. The molecule has 0 saturated heterocycles. The molecule has 0 unspecified atom stereocenters. The van der Waals surface area contributed by atoms with Crippen molar-refractivity contribution in [1.29, 1.82) is 0 Å². The van der Waals surface area contributed by atoms with E-state index in [2.05, 4.69) is 21.5 Å². The molecule has 0 aromatic carbocycles. The number of nitrogens with two attached hydrogens (primary N) is 1. The number of hydrogen-bond donors (Lipinski definition) is 2. The highest BCUT2D eigenvalue weighted by atomic mass is 32.2. The van der Waals surface area contributed by atoms with Gasteiger partial charge in [-0.3, -0.25) is 9.78 Å². The van der Waals surface area contributed by atoms with E-state index < -0.39 is 0 Å². The zero-order valence-electron chi connectivity index (χ0n) is 9.98. The molecule has 0 aliphatic carbocycles. The van der Waals surface area contributed by atoms with Gasteiger partial charge >= 0.3 is 0 Å². The van der Waals surface area contributed by atoms with Gasteiger partial charge in [0.05, 0.1) is 12.4 Å². The first-order valence-electron chi connectivity index (χ1n) is 5.58. The van der Waals surface area contributed by atoms with Crippen molar-refractivity contribution >= 4 is 23.5 Å². The Kier molecular flexibility index (Phi) is 6.39. The number of unbranched alkanes of at least 4 members (excludes halogenated alkanes) is 2. The number of nitrogen functional groups attached to an aromatic ring is 1. The molecule has 1 aromatic rings. The van der Waals surface area contributed by atoms with Crippen molar-refractivity contribution in [2.45, 2.75) is 19.3 Å². The van der Waals surface area contributed by atoms with Crippen LogP contribution in [0.1, 0.15) is 29.8 Å². The van der Waals surface area contributed by atoms with Crippen LogP contribution in [0.25, 0.3) is 0 Å². The largest absolute Gasteiger partial charge is 0.382 e. The second kappa shape index (κ2) is 7.89. The molecule has 1 rings (SSSR count). The molecule has 17 heavy (non-hydrogen) atoms. The van der Waals surface area contributed by atoms with Crippen molar-refractivity contribution < 1.29 is 4.79 Å². The number of nitrogens with one attached hydrogen (secondary N) is 1. The minimum atomic E-state index is -0.213. The summed E-state index contributed by atoms with van der Waals surface area (Å²) in [7, 11) is 0. The number of aromatic nitrogens is 2. The maximum absolute atomic E-state index is 11.6. The molecule has 1 amide bonds. The monoisotopic (exact) mass is 254 g/mol. The summed E-state index contributed by atoms with van der Waals surface area (Å²) >= 11 is 1.84. The molecule has 6 heteroatoms. The van der Waals surface area contributed by atoms with Crippen LogP contribution in [0.3, 0.4) is 0 Å². The molecule has 0 radical (unpaired) electrons. The Hall–Kier alpha value is -1.30. The van der Waals surface area contributed by atoms with Crippen LogP contribution >= 0.6 is 11.8 Å². The fourth-order valence-electron chi connectivity index (χ4n) is 1.33. The first kappa shape index (κ1) is 13.8. The van der Waals surface area contributed by atoms with Crippen LogP contribution in [0.4, 0.5) is 5.82 Å². The van der Waals surface area contributed by atoms with E-state index in [1.54, 1.807) is 0 Å². The Morgan fingerprint density at radius 1 is 1.41 bits per heavy atom. The molecule has 0 saturated carbocycles. The SMILES string of the molecule is CSCCCCCNC(=O)c1cncc(N)n1. The summed E-state index contributed by atoms with van der Waals surface area (Å²) in [6, 6.07) is 0. The maximum Gasteiger partial charge on any atom is 0.271 e. The molecular formula is C11H18N4OS. The van der Waals surface area contributed by atoms with Crippen LogP contribution in [-0.4, -0.2) is 34.4 Å². The fraction of sp³-hybridized carbons (Fsp3) is 0.545. The second-order valence-electron chi connectivity index (χ2n) is 3.64. The van der Waals surface area contributed by atoms with Crippen molar-refractivity contribution in [2.75, 3.05) is 24.3 Å². The molecule has 3 N–H and O–H groups in total. The van der Waals surface area contributed by atoms with E-state index in [0.29, 0.717) is 6.54 Å². The zero-order valence-corrected chi connectivity index (χ0v) is 10.8. The third-order valence-electron chi connectivity index (χ3n) is 2.20. The van der Waals surface area contributed by atoms with Gasteiger partial charge in [0.2, 0.25) is 0 Å². The second-order valence-corrected chi connectivity index (χ2v) is 4.62. The van der Waals surface area contributed by atoms with Crippen LogP contribution < -0.4 is 11.1 Å². The predicted octanol–water partition coefficient (Wildman–Crippen LogP) is 1.32. The lowest BCUT2D eigenvalue weighted by atomic mass is 10.2. The third kappa shape index (κ3) is 5.53. The lowest BCUT2D eigenvalue weighted by Crippen LogP contribution is -2.25. The highest BCUT2D eigenvalue weighted by Gasteiger charge is 2.06.